The Morgan fingerprint density at radius 2 is 1.84 bits per heavy atom. The van der Waals surface area contributed by atoms with Crippen molar-refractivity contribution in [3.63, 3.8) is 0 Å². The second kappa shape index (κ2) is 19.2. The van der Waals surface area contributed by atoms with E-state index >= 15 is 4.39 Å². The van der Waals surface area contributed by atoms with E-state index < -0.39 is 42.9 Å². The Hall–Kier alpha value is -5.59. The third-order valence-corrected chi connectivity index (χ3v) is 15.4. The lowest BCUT2D eigenvalue weighted by atomic mass is 9.72. The van der Waals surface area contributed by atoms with Crippen LogP contribution in [0.25, 0.3) is 16.6 Å². The minimum Gasteiger partial charge on any atom is -0.455 e. The van der Waals surface area contributed by atoms with Crippen LogP contribution in [-0.4, -0.2) is 110 Å². The predicted octanol–water partition coefficient (Wildman–Crippen LogP) is 8.87. The van der Waals surface area contributed by atoms with Gasteiger partial charge in [0.1, 0.15) is 22.8 Å². The molecule has 3 fully saturated rings. The van der Waals surface area contributed by atoms with Gasteiger partial charge in [0.15, 0.2) is 5.82 Å². The van der Waals surface area contributed by atoms with Crippen LogP contribution in [0.1, 0.15) is 68.8 Å². The van der Waals surface area contributed by atoms with Gasteiger partial charge < -0.3 is 24.7 Å². The number of rotatable bonds is 14. The first-order chi connectivity index (χ1) is 32.1. The average Bonchev–Trinajstić information content (AvgIpc) is 3.75. The molecular weight excluding hydrogens is 899 g/mol. The van der Waals surface area contributed by atoms with Crippen molar-refractivity contribution in [1.29, 1.82) is 0 Å². The standard InChI is InChI=1S/C49H56ClFN8O7S/c1-31-27-58(19-18-57(31)28-35-10-14-49(2,3)24-42(35)33-4-6-36(50)7-5-33)37-8-9-41(45(21-37)66-39-20-34-11-15-52-47(34)54-26-39)48(60)55-67(63,64)40-22-43(51)46(44(23-40)59(61)62)53-25-32-12-16-56(17-13-32)38-29-65-30-38/h4-9,11,15,20-23,26,31-32,38,53H,10,12-14,16-19,24-25,27-30H2,1-3H3,(H,52,54)(H,55,60)/t31-/m1/s1. The van der Waals surface area contributed by atoms with E-state index in [0.717, 1.165) is 75.4 Å². The maximum atomic E-state index is 15.7. The molecule has 3 aliphatic heterocycles. The van der Waals surface area contributed by atoms with Gasteiger partial charge in [-0.3, -0.25) is 24.7 Å². The molecule has 0 radical (unpaired) electrons. The van der Waals surface area contributed by atoms with Crippen molar-refractivity contribution in [2.24, 2.45) is 11.3 Å². The number of piperazine rings is 1. The Labute approximate surface area is 394 Å². The number of ether oxygens (including phenoxy) is 2. The molecule has 2 aromatic heterocycles. The Morgan fingerprint density at radius 3 is 2.55 bits per heavy atom. The monoisotopic (exact) mass is 954 g/mol. The summed E-state index contributed by atoms with van der Waals surface area (Å²) in [6.07, 6.45) is 8.00. The van der Waals surface area contributed by atoms with Crippen LogP contribution in [0.2, 0.25) is 5.02 Å². The normalized spacial score (nSPS) is 19.9. The molecule has 18 heteroatoms. The number of aromatic nitrogens is 2. The number of hydrogen-bond donors (Lipinski definition) is 3. The number of carbonyl (C=O) groups excluding carboxylic acids is 1. The first kappa shape index (κ1) is 46.5. The summed E-state index contributed by atoms with van der Waals surface area (Å²) in [6.45, 7) is 13.2. The molecule has 1 atom stereocenters. The van der Waals surface area contributed by atoms with Gasteiger partial charge in [-0.1, -0.05) is 43.2 Å². The molecular formula is C49H56ClFN8O7S. The molecule has 3 N–H and O–H groups in total. The quantitative estimate of drug-likeness (QED) is 0.0714. The van der Waals surface area contributed by atoms with Crippen molar-refractivity contribution >= 4 is 61.2 Å². The molecule has 354 valence electrons. The van der Waals surface area contributed by atoms with Gasteiger partial charge >= 0.3 is 0 Å². The number of nitro benzene ring substituents is 1. The number of nitrogens with one attached hydrogen (secondary N) is 3. The maximum absolute atomic E-state index is 15.7. The van der Waals surface area contributed by atoms with Gasteiger partial charge in [0.25, 0.3) is 21.6 Å². The molecule has 3 saturated heterocycles. The Balaban J connectivity index is 0.926. The van der Waals surface area contributed by atoms with E-state index in [-0.39, 0.29) is 35.2 Å². The van der Waals surface area contributed by atoms with Gasteiger partial charge in [0.05, 0.1) is 40.8 Å². The molecule has 0 bridgehead atoms. The largest absolute Gasteiger partial charge is 0.455 e. The van der Waals surface area contributed by atoms with Gasteiger partial charge in [-0.05, 0) is 117 Å². The van der Waals surface area contributed by atoms with Crippen LogP contribution in [0.3, 0.4) is 0 Å². The van der Waals surface area contributed by atoms with Crippen molar-refractivity contribution in [3.05, 3.63) is 117 Å². The third kappa shape index (κ3) is 10.5. The topological polar surface area (TPSA) is 175 Å². The van der Waals surface area contributed by atoms with E-state index in [2.05, 4.69) is 62.9 Å². The molecule has 1 amide bonds. The van der Waals surface area contributed by atoms with E-state index in [4.69, 9.17) is 21.1 Å². The molecule has 5 heterocycles. The van der Waals surface area contributed by atoms with Gasteiger partial charge in [-0.2, -0.15) is 0 Å². The number of sulfonamides is 1. The number of H-pyrrole nitrogens is 1. The van der Waals surface area contributed by atoms with Crippen LogP contribution >= 0.6 is 11.6 Å². The highest BCUT2D eigenvalue weighted by Crippen LogP contribution is 2.44. The minimum absolute atomic E-state index is 0.0584. The van der Waals surface area contributed by atoms with Crippen molar-refractivity contribution in [3.8, 4) is 11.5 Å². The molecule has 67 heavy (non-hydrogen) atoms. The van der Waals surface area contributed by atoms with Crippen LogP contribution in [-0.2, 0) is 14.8 Å². The fourth-order valence-electron chi connectivity index (χ4n) is 9.74. The lowest BCUT2D eigenvalue weighted by Gasteiger charge is -2.43. The lowest BCUT2D eigenvalue weighted by molar-refractivity contribution is -0.384. The van der Waals surface area contributed by atoms with Gasteiger partial charge in [-0.15, -0.1) is 0 Å². The number of anilines is 2. The van der Waals surface area contributed by atoms with E-state index in [1.165, 1.54) is 29.0 Å². The molecule has 1 aliphatic carbocycles. The molecule has 15 nitrogen and oxygen atoms in total. The molecule has 3 aromatic carbocycles. The summed E-state index contributed by atoms with van der Waals surface area (Å²) in [5.41, 5.74) is 4.36. The van der Waals surface area contributed by atoms with Crippen LogP contribution in [0.4, 0.5) is 21.5 Å². The highest BCUT2D eigenvalue weighted by molar-refractivity contribution is 7.90. The number of aromatic amines is 1. The number of allylic oxidation sites excluding steroid dienone is 1. The van der Waals surface area contributed by atoms with Crippen molar-refractivity contribution in [1.82, 2.24) is 24.5 Å². The van der Waals surface area contributed by atoms with E-state index in [1.807, 2.05) is 22.9 Å². The fourth-order valence-corrected chi connectivity index (χ4v) is 10.9. The number of nitrogens with zero attached hydrogens (tertiary/aromatic N) is 5. The van der Waals surface area contributed by atoms with Crippen LogP contribution in [0.5, 0.6) is 11.5 Å². The van der Waals surface area contributed by atoms with Crippen LogP contribution in [0, 0.1) is 27.3 Å². The predicted molar refractivity (Wildman–Crippen MR) is 257 cm³/mol. The zero-order chi connectivity index (χ0) is 47.0. The van der Waals surface area contributed by atoms with Gasteiger partial charge in [0, 0.05) is 73.2 Å². The Bertz CT molecular complexity index is 2810. The first-order valence-corrected chi connectivity index (χ1v) is 24.8. The number of fused-ring (bicyclic) bond motifs is 1. The summed E-state index contributed by atoms with van der Waals surface area (Å²) in [4.78, 5) is 39.2. The molecule has 0 unspecified atom stereocenters. The average molecular weight is 956 g/mol. The highest BCUT2D eigenvalue weighted by atomic mass is 35.5. The first-order valence-electron chi connectivity index (χ1n) is 22.9. The van der Waals surface area contributed by atoms with Gasteiger partial charge in [-0.25, -0.2) is 22.5 Å². The molecule has 4 aliphatic rings. The molecule has 9 rings (SSSR count). The van der Waals surface area contributed by atoms with Gasteiger partial charge in [0.2, 0.25) is 0 Å². The summed E-state index contributed by atoms with van der Waals surface area (Å²) in [6, 6.07) is 18.7. The summed E-state index contributed by atoms with van der Waals surface area (Å²) in [5.74, 6) is -1.69. The molecule has 0 spiro atoms. The highest BCUT2D eigenvalue weighted by Gasteiger charge is 2.34. The number of nitro groups is 1. The van der Waals surface area contributed by atoms with E-state index in [9.17, 15) is 23.3 Å². The van der Waals surface area contributed by atoms with Crippen LogP contribution in [0.15, 0.2) is 89.6 Å². The smallest absolute Gasteiger partial charge is 0.296 e. The second-order valence-electron chi connectivity index (χ2n) is 19.1. The minimum atomic E-state index is -4.83. The number of piperidine rings is 1. The third-order valence-electron chi connectivity index (χ3n) is 13.8. The Morgan fingerprint density at radius 1 is 1.06 bits per heavy atom. The molecule has 5 aromatic rings. The zero-order valence-corrected chi connectivity index (χ0v) is 39.5. The Kier molecular flexibility index (Phi) is 13.3. The summed E-state index contributed by atoms with van der Waals surface area (Å²) in [7, 11) is -4.83. The number of amides is 1. The number of halogens is 2. The fraction of sp³-hybridized carbons (Fsp3) is 0.429. The number of carbonyl (C=O) groups is 1. The maximum Gasteiger partial charge on any atom is 0.296 e. The van der Waals surface area contributed by atoms with Crippen molar-refractivity contribution in [2.75, 3.05) is 69.2 Å². The number of hydrogen-bond acceptors (Lipinski definition) is 12. The number of pyridine rings is 1. The number of likely N-dealkylation sites (tertiary alicyclic amines) is 1. The zero-order valence-electron chi connectivity index (χ0n) is 37.9. The summed E-state index contributed by atoms with van der Waals surface area (Å²) < 4.78 is 57.0. The van der Waals surface area contributed by atoms with E-state index in [1.54, 1.807) is 24.4 Å². The lowest BCUT2D eigenvalue weighted by Crippen LogP contribution is -2.52. The molecule has 0 saturated carbocycles. The summed E-state index contributed by atoms with van der Waals surface area (Å²) >= 11 is 6.26. The van der Waals surface area contributed by atoms with E-state index in [0.29, 0.717) is 54.8 Å². The van der Waals surface area contributed by atoms with Crippen LogP contribution < -0.4 is 19.7 Å². The summed E-state index contributed by atoms with van der Waals surface area (Å²) in [5, 5.41) is 16.6. The SMILES string of the molecule is C[C@@H]1CN(c2ccc(C(=O)NS(=O)(=O)c3cc(F)c(NCC4CCN(C5COC5)CC4)c([N+](=O)[O-])c3)c(Oc3cnc4[nH]ccc4c3)c2)CCN1CC1=C(c2ccc(Cl)cc2)CC(C)(C)CC1. The van der Waals surface area contributed by atoms with Crippen molar-refractivity contribution in [2.45, 2.75) is 69.9 Å². The second-order valence-corrected chi connectivity index (χ2v) is 21.2. The van der Waals surface area contributed by atoms with Crippen molar-refractivity contribution < 1.29 is 32.0 Å². The number of benzene rings is 3.